The molecule has 1 aromatic carbocycles. The summed E-state index contributed by atoms with van der Waals surface area (Å²) >= 11 is 7.85. The Balaban J connectivity index is 1.48. The number of carboxylic acids is 1. The van der Waals surface area contributed by atoms with Gasteiger partial charge in [0.1, 0.15) is 17.6 Å². The van der Waals surface area contributed by atoms with Crippen LogP contribution in [0.25, 0.3) is 0 Å². The van der Waals surface area contributed by atoms with Crippen molar-refractivity contribution in [3.05, 3.63) is 79.8 Å². The van der Waals surface area contributed by atoms with E-state index in [0.29, 0.717) is 57.9 Å². The van der Waals surface area contributed by atoms with Crippen molar-refractivity contribution in [1.82, 2.24) is 15.3 Å². The summed E-state index contributed by atoms with van der Waals surface area (Å²) in [5.74, 6) is -0.447. The fourth-order valence-corrected chi connectivity index (χ4v) is 6.04. The minimum atomic E-state index is -0.958. The number of ether oxygens (including phenoxy) is 1. The van der Waals surface area contributed by atoms with E-state index in [1.165, 1.54) is 36.6 Å². The first-order valence-corrected chi connectivity index (χ1v) is 13.7. The third-order valence-corrected chi connectivity index (χ3v) is 8.19. The van der Waals surface area contributed by atoms with Gasteiger partial charge in [-0.05, 0) is 50.7 Å². The molecule has 2 aliphatic rings. The van der Waals surface area contributed by atoms with Crippen LogP contribution in [0.15, 0.2) is 50.5 Å². The van der Waals surface area contributed by atoms with E-state index in [9.17, 15) is 14.0 Å². The number of amidine groups is 1. The van der Waals surface area contributed by atoms with Crippen LogP contribution in [0.2, 0.25) is 5.02 Å². The van der Waals surface area contributed by atoms with E-state index >= 15 is 0 Å². The summed E-state index contributed by atoms with van der Waals surface area (Å²) in [6.45, 7) is 1.72. The van der Waals surface area contributed by atoms with Gasteiger partial charge in [0, 0.05) is 33.8 Å². The molecule has 1 unspecified atom stereocenters. The van der Waals surface area contributed by atoms with Crippen LogP contribution in [0, 0.1) is 18.7 Å². The second-order valence-electron chi connectivity index (χ2n) is 9.50. The first-order valence-electron chi connectivity index (χ1n) is 12.4. The molecule has 39 heavy (non-hydrogen) atoms. The minimum absolute atomic E-state index is 0.0303. The number of aliphatic imine (C=N–C) groups is 1. The van der Waals surface area contributed by atoms with Gasteiger partial charge in [-0.1, -0.05) is 17.7 Å². The van der Waals surface area contributed by atoms with E-state index in [4.69, 9.17) is 30.9 Å². The van der Waals surface area contributed by atoms with Gasteiger partial charge in [0.05, 0.1) is 24.8 Å². The van der Waals surface area contributed by atoms with Crippen LogP contribution in [0.3, 0.4) is 0 Å². The van der Waals surface area contributed by atoms with E-state index < -0.39 is 23.8 Å². The number of rotatable bonds is 7. The summed E-state index contributed by atoms with van der Waals surface area (Å²) in [5.41, 5.74) is 1.93. The molecule has 204 valence electrons. The Labute approximate surface area is 232 Å². The Morgan fingerprint density at radius 3 is 2.64 bits per heavy atom. The molecule has 0 radical (unpaired) electrons. The zero-order valence-corrected chi connectivity index (χ0v) is 22.8. The average molecular weight is 573 g/mol. The zero-order chi connectivity index (χ0) is 27.7. The molecule has 9 nitrogen and oxygen atoms in total. The van der Waals surface area contributed by atoms with Crippen molar-refractivity contribution in [3.8, 4) is 0 Å². The molecule has 0 saturated heterocycles. The van der Waals surface area contributed by atoms with Gasteiger partial charge in [-0.2, -0.15) is 0 Å². The number of benzene rings is 1. The highest BCUT2D eigenvalue weighted by atomic mass is 35.5. The highest BCUT2D eigenvalue weighted by molar-refractivity contribution is 7.11. The molecule has 2 N–H and O–H groups in total. The van der Waals surface area contributed by atoms with Crippen LogP contribution in [0.4, 0.5) is 4.39 Å². The molecule has 0 amide bonds. The summed E-state index contributed by atoms with van der Waals surface area (Å²) in [4.78, 5) is 38.0. The lowest BCUT2D eigenvalue weighted by molar-refractivity contribution is -0.137. The maximum absolute atomic E-state index is 13.9. The third kappa shape index (κ3) is 5.60. The van der Waals surface area contributed by atoms with Crippen molar-refractivity contribution in [3.63, 3.8) is 0 Å². The summed E-state index contributed by atoms with van der Waals surface area (Å²) in [7, 11) is 1.31. The monoisotopic (exact) mass is 572 g/mol. The largest absolute Gasteiger partial charge is 0.481 e. The predicted molar refractivity (Wildman–Crippen MR) is 142 cm³/mol. The number of hydrogen-bond acceptors (Lipinski definition) is 9. The number of aliphatic carboxylic acids is 1. The molecule has 0 bridgehead atoms. The van der Waals surface area contributed by atoms with E-state index in [-0.39, 0.29) is 23.3 Å². The molecule has 3 heterocycles. The molecule has 1 aliphatic heterocycles. The lowest BCUT2D eigenvalue weighted by Gasteiger charge is -2.34. The normalized spacial score (nSPS) is 21.3. The van der Waals surface area contributed by atoms with Gasteiger partial charge in [0.25, 0.3) is 0 Å². The quantitative estimate of drug-likeness (QED) is 0.363. The Kier molecular flexibility index (Phi) is 7.81. The molecule has 1 atom stereocenters. The Morgan fingerprint density at radius 2 is 2.00 bits per heavy atom. The van der Waals surface area contributed by atoms with Crippen molar-refractivity contribution in [2.24, 2.45) is 10.9 Å². The number of nitrogens with one attached hydrogen (secondary N) is 1. The first kappa shape index (κ1) is 27.0. The van der Waals surface area contributed by atoms with Crippen molar-refractivity contribution in [2.45, 2.75) is 51.0 Å². The number of hydrogen-bond donors (Lipinski definition) is 2. The lowest BCUT2D eigenvalue weighted by atomic mass is 9.78. The van der Waals surface area contributed by atoms with Crippen LogP contribution in [0.1, 0.15) is 65.6 Å². The summed E-state index contributed by atoms with van der Waals surface area (Å²) in [6.07, 6.45) is 4.35. The lowest BCUT2D eigenvalue weighted by Crippen LogP contribution is -2.37. The van der Waals surface area contributed by atoms with E-state index in [1.54, 1.807) is 13.1 Å². The van der Waals surface area contributed by atoms with Gasteiger partial charge in [-0.25, -0.2) is 19.2 Å². The van der Waals surface area contributed by atoms with E-state index in [0.717, 1.165) is 12.8 Å². The highest BCUT2D eigenvalue weighted by Gasteiger charge is 2.38. The molecule has 12 heteroatoms. The number of thiazole rings is 1. The SMILES string of the molecule is COC(=O)C1=C([C@H]2CC[C@H](c3nc(CC(=O)O)c(C)o3)CC2)NC(c2nccs2)=NC1c1ccc(F)cc1Cl. The number of halogens is 2. The van der Waals surface area contributed by atoms with Crippen LogP contribution in [0.5, 0.6) is 0 Å². The number of aryl methyl sites for hydroxylation is 1. The van der Waals surface area contributed by atoms with Gasteiger partial charge >= 0.3 is 11.9 Å². The topological polar surface area (TPSA) is 127 Å². The molecular formula is C27H26ClFN4O5S. The minimum Gasteiger partial charge on any atom is -0.481 e. The second kappa shape index (κ2) is 11.3. The second-order valence-corrected chi connectivity index (χ2v) is 10.8. The number of carboxylic acid groups (broad SMARTS) is 1. The number of aromatic nitrogens is 2. The molecule has 5 rings (SSSR count). The number of esters is 1. The molecular weight excluding hydrogens is 547 g/mol. The molecule has 2 aromatic heterocycles. The Bertz CT molecular complexity index is 1460. The van der Waals surface area contributed by atoms with Gasteiger partial charge < -0.3 is 19.6 Å². The average Bonchev–Trinajstić information content (AvgIpc) is 3.58. The molecule has 3 aromatic rings. The molecule has 1 saturated carbocycles. The number of carbonyl (C=O) groups is 2. The molecule has 0 spiro atoms. The predicted octanol–water partition coefficient (Wildman–Crippen LogP) is 5.35. The zero-order valence-electron chi connectivity index (χ0n) is 21.2. The van der Waals surface area contributed by atoms with Crippen LogP contribution >= 0.6 is 22.9 Å². The van der Waals surface area contributed by atoms with E-state index in [2.05, 4.69) is 15.3 Å². The van der Waals surface area contributed by atoms with Crippen molar-refractivity contribution >= 4 is 40.7 Å². The third-order valence-electron chi connectivity index (χ3n) is 7.08. The fraction of sp³-hybridized carbons (Fsp3) is 0.370. The van der Waals surface area contributed by atoms with Crippen LogP contribution in [-0.4, -0.2) is 40.0 Å². The fourth-order valence-electron chi connectivity index (χ4n) is 5.18. The number of carbonyl (C=O) groups excluding carboxylic acids is 1. The molecule has 1 fully saturated rings. The maximum Gasteiger partial charge on any atom is 0.338 e. The summed E-state index contributed by atoms with van der Waals surface area (Å²) in [5, 5.41) is 15.1. The number of methoxy groups -OCH3 is 1. The molecule has 1 aliphatic carbocycles. The first-order chi connectivity index (χ1) is 18.7. The van der Waals surface area contributed by atoms with Gasteiger partial charge in [0.15, 0.2) is 16.7 Å². The van der Waals surface area contributed by atoms with Crippen molar-refractivity contribution in [2.75, 3.05) is 7.11 Å². The smallest absolute Gasteiger partial charge is 0.338 e. The van der Waals surface area contributed by atoms with Gasteiger partial charge in [0.2, 0.25) is 0 Å². The number of oxazole rings is 1. The highest BCUT2D eigenvalue weighted by Crippen LogP contribution is 2.43. The van der Waals surface area contributed by atoms with Gasteiger partial charge in [-0.3, -0.25) is 9.79 Å². The van der Waals surface area contributed by atoms with Crippen LogP contribution < -0.4 is 5.32 Å². The Morgan fingerprint density at radius 1 is 1.26 bits per heavy atom. The maximum atomic E-state index is 13.9. The van der Waals surface area contributed by atoms with Crippen LogP contribution in [-0.2, 0) is 20.7 Å². The standard InChI is InChI=1S/C27H26ClFN4O5S/c1-13-19(12-20(34)35)31-25(38-13)15-5-3-14(4-6-15)22-21(27(36)37-2)23(17-8-7-16(29)11-18(17)28)33-24(32-22)26-30-9-10-39-26/h7-11,14-15,23H,3-6,12H2,1-2H3,(H,32,33)(H,34,35)/t14-,15-,23?. The van der Waals surface area contributed by atoms with Gasteiger partial charge in [-0.15, -0.1) is 11.3 Å². The number of nitrogens with zero attached hydrogens (tertiary/aromatic N) is 3. The summed E-state index contributed by atoms with van der Waals surface area (Å²) < 4.78 is 24.9. The van der Waals surface area contributed by atoms with E-state index in [1.807, 2.05) is 5.38 Å². The van der Waals surface area contributed by atoms with Crippen molar-refractivity contribution in [1.29, 1.82) is 0 Å². The Hall–Kier alpha value is -3.57. The van der Waals surface area contributed by atoms with Crippen molar-refractivity contribution < 1.29 is 28.2 Å². The summed E-state index contributed by atoms with van der Waals surface area (Å²) in [6, 6.07) is 3.21. The number of allylic oxidation sites excluding steroid dienone is 1.